The zero-order valence-corrected chi connectivity index (χ0v) is 11.4. The van der Waals surface area contributed by atoms with Crippen molar-refractivity contribution in [3.8, 4) is 0 Å². The Morgan fingerprint density at radius 1 is 1.59 bits per heavy atom. The number of aryl methyl sites for hydroxylation is 1. The van der Waals surface area contributed by atoms with Crippen LogP contribution in [-0.4, -0.2) is 39.1 Å². The molecule has 96 valence electrons. The third kappa shape index (κ3) is 2.59. The second-order valence-electron chi connectivity index (χ2n) is 4.16. The number of nitrogens with one attached hydrogen (secondary N) is 1. The molecule has 8 heteroatoms. The van der Waals surface area contributed by atoms with Crippen LogP contribution in [0.25, 0.3) is 0 Å². The normalized spacial score (nSPS) is 21.8. The lowest BCUT2D eigenvalue weighted by Crippen LogP contribution is -2.49. The van der Waals surface area contributed by atoms with Crippen LogP contribution in [0.15, 0.2) is 4.21 Å². The lowest BCUT2D eigenvalue weighted by atomic mass is 10.2. The molecule has 0 bridgehead atoms. The van der Waals surface area contributed by atoms with Gasteiger partial charge in [-0.15, -0.1) is 0 Å². The lowest BCUT2D eigenvalue weighted by molar-refractivity contribution is 0.500. The molecule has 2 heterocycles. The summed E-state index contributed by atoms with van der Waals surface area (Å²) in [5.74, 6) is 0. The molecule has 3 N–H and O–H groups in total. The van der Waals surface area contributed by atoms with E-state index in [1.165, 1.54) is 0 Å². The van der Waals surface area contributed by atoms with Crippen molar-refractivity contribution in [1.82, 2.24) is 10.3 Å². The van der Waals surface area contributed by atoms with Crippen molar-refractivity contribution in [2.45, 2.75) is 24.1 Å². The molecular weight excluding hydrogens is 260 g/mol. The molecule has 1 atom stereocenters. The van der Waals surface area contributed by atoms with Gasteiger partial charge >= 0.3 is 0 Å². The molecule has 6 nitrogen and oxygen atoms in total. The number of piperazine rings is 1. The smallest absolute Gasteiger partial charge is 0.249 e. The number of hydrogen-bond acceptors (Lipinski definition) is 6. The number of anilines is 1. The summed E-state index contributed by atoms with van der Waals surface area (Å²) in [6.07, 6.45) is 0. The van der Waals surface area contributed by atoms with Gasteiger partial charge in [0.25, 0.3) is 0 Å². The van der Waals surface area contributed by atoms with Crippen molar-refractivity contribution in [3.05, 3.63) is 5.69 Å². The molecule has 1 fully saturated rings. The van der Waals surface area contributed by atoms with Gasteiger partial charge in [-0.2, -0.15) is 0 Å². The van der Waals surface area contributed by atoms with Crippen LogP contribution in [-0.2, 0) is 10.0 Å². The average molecular weight is 276 g/mol. The quantitative estimate of drug-likeness (QED) is 0.787. The molecule has 1 aromatic rings. The van der Waals surface area contributed by atoms with Crippen molar-refractivity contribution in [2.75, 3.05) is 24.5 Å². The van der Waals surface area contributed by atoms with Crippen molar-refractivity contribution in [2.24, 2.45) is 5.14 Å². The zero-order valence-electron chi connectivity index (χ0n) is 9.80. The number of hydrogen-bond donors (Lipinski definition) is 2. The zero-order chi connectivity index (χ0) is 12.6. The van der Waals surface area contributed by atoms with Crippen LogP contribution in [0, 0.1) is 6.92 Å². The Morgan fingerprint density at radius 3 is 2.82 bits per heavy atom. The third-order valence-corrected chi connectivity index (χ3v) is 5.50. The third-order valence-electron chi connectivity index (χ3n) is 2.75. The van der Waals surface area contributed by atoms with Crippen molar-refractivity contribution < 1.29 is 8.42 Å². The van der Waals surface area contributed by atoms with E-state index in [0.717, 1.165) is 36.1 Å². The Labute approximate surface area is 105 Å². The molecule has 1 aliphatic rings. The van der Waals surface area contributed by atoms with E-state index in [2.05, 4.69) is 22.1 Å². The van der Waals surface area contributed by atoms with Gasteiger partial charge in [-0.25, -0.2) is 18.5 Å². The second-order valence-corrected chi connectivity index (χ2v) is 6.90. The summed E-state index contributed by atoms with van der Waals surface area (Å²) in [7, 11) is -3.66. The number of rotatable bonds is 2. The number of aromatic nitrogens is 1. The molecule has 1 aromatic heterocycles. The first-order valence-electron chi connectivity index (χ1n) is 5.37. The Balaban J connectivity index is 2.34. The topological polar surface area (TPSA) is 88.3 Å². The van der Waals surface area contributed by atoms with Crippen LogP contribution >= 0.6 is 11.3 Å². The lowest BCUT2D eigenvalue weighted by Gasteiger charge is -2.33. The van der Waals surface area contributed by atoms with Gasteiger partial charge in [0.2, 0.25) is 10.0 Å². The van der Waals surface area contributed by atoms with Crippen LogP contribution in [0.1, 0.15) is 12.6 Å². The Bertz CT molecular complexity index is 511. The summed E-state index contributed by atoms with van der Waals surface area (Å²) < 4.78 is 22.9. The predicted octanol–water partition coefficient (Wildman–Crippen LogP) is -0.103. The molecule has 0 saturated carbocycles. The van der Waals surface area contributed by atoms with Crippen molar-refractivity contribution >= 4 is 26.5 Å². The van der Waals surface area contributed by atoms with Gasteiger partial charge in [0, 0.05) is 25.7 Å². The Morgan fingerprint density at radius 2 is 2.29 bits per heavy atom. The van der Waals surface area contributed by atoms with E-state index in [1.54, 1.807) is 6.92 Å². The fourth-order valence-electron chi connectivity index (χ4n) is 1.88. The maximum atomic E-state index is 11.3. The molecule has 1 aliphatic heterocycles. The minimum atomic E-state index is -3.66. The predicted molar refractivity (Wildman–Crippen MR) is 67.9 cm³/mol. The molecule has 0 spiro atoms. The van der Waals surface area contributed by atoms with Gasteiger partial charge < -0.3 is 10.2 Å². The highest BCUT2D eigenvalue weighted by atomic mass is 32.2. The number of primary sulfonamides is 1. The molecule has 2 rings (SSSR count). The Hall–Kier alpha value is -0.700. The average Bonchev–Trinajstić information content (AvgIpc) is 2.60. The number of nitrogens with two attached hydrogens (primary N) is 1. The van der Waals surface area contributed by atoms with Crippen LogP contribution in [0.3, 0.4) is 0 Å². The molecular formula is C9H16N4O2S2. The van der Waals surface area contributed by atoms with Gasteiger partial charge in [0.15, 0.2) is 9.34 Å². The monoisotopic (exact) mass is 276 g/mol. The second kappa shape index (κ2) is 4.52. The SMILES string of the molecule is Cc1nc(N2CCNCC2C)sc1S(N)(=O)=O. The maximum Gasteiger partial charge on any atom is 0.249 e. The van der Waals surface area contributed by atoms with Gasteiger partial charge in [-0.05, 0) is 13.8 Å². The first-order chi connectivity index (χ1) is 7.89. The highest BCUT2D eigenvalue weighted by Gasteiger charge is 2.25. The van der Waals surface area contributed by atoms with E-state index in [4.69, 9.17) is 5.14 Å². The minimum absolute atomic E-state index is 0.165. The molecule has 0 aromatic carbocycles. The molecule has 1 unspecified atom stereocenters. The summed E-state index contributed by atoms with van der Waals surface area (Å²) in [6.45, 7) is 6.35. The summed E-state index contributed by atoms with van der Waals surface area (Å²) in [6, 6.07) is 0.308. The van der Waals surface area contributed by atoms with E-state index in [1.807, 2.05) is 0 Å². The van der Waals surface area contributed by atoms with E-state index in [0.29, 0.717) is 11.7 Å². The molecule has 17 heavy (non-hydrogen) atoms. The standard InChI is InChI=1S/C9H16N4O2S2/c1-6-5-11-3-4-13(6)9-12-7(2)8(16-9)17(10,14)15/h6,11H,3-5H2,1-2H3,(H2,10,14,15). The molecule has 1 saturated heterocycles. The van der Waals surface area contributed by atoms with Gasteiger partial charge in [-0.3, -0.25) is 0 Å². The highest BCUT2D eigenvalue weighted by Crippen LogP contribution is 2.30. The minimum Gasteiger partial charge on any atom is -0.343 e. The van der Waals surface area contributed by atoms with E-state index in [9.17, 15) is 8.42 Å². The van der Waals surface area contributed by atoms with Crippen LogP contribution in [0.5, 0.6) is 0 Å². The fraction of sp³-hybridized carbons (Fsp3) is 0.667. The van der Waals surface area contributed by atoms with Crippen LogP contribution in [0.4, 0.5) is 5.13 Å². The summed E-state index contributed by atoms with van der Waals surface area (Å²) in [5, 5.41) is 9.16. The maximum absolute atomic E-state index is 11.3. The molecule has 0 radical (unpaired) electrons. The summed E-state index contributed by atoms with van der Waals surface area (Å²) in [4.78, 5) is 6.42. The molecule has 0 aliphatic carbocycles. The number of nitrogens with zero attached hydrogens (tertiary/aromatic N) is 2. The van der Waals surface area contributed by atoms with Crippen LogP contribution in [0.2, 0.25) is 0 Å². The summed E-state index contributed by atoms with van der Waals surface area (Å²) in [5.41, 5.74) is 0.484. The summed E-state index contributed by atoms with van der Waals surface area (Å²) >= 11 is 1.15. The van der Waals surface area contributed by atoms with E-state index < -0.39 is 10.0 Å². The Kier molecular flexibility index (Phi) is 3.39. The number of sulfonamides is 1. The van der Waals surface area contributed by atoms with Gasteiger partial charge in [0.1, 0.15) is 0 Å². The van der Waals surface area contributed by atoms with Crippen molar-refractivity contribution in [1.29, 1.82) is 0 Å². The van der Waals surface area contributed by atoms with Crippen LogP contribution < -0.4 is 15.4 Å². The first kappa shape index (κ1) is 12.7. The fourth-order valence-corrected chi connectivity index (χ4v) is 3.96. The first-order valence-corrected chi connectivity index (χ1v) is 7.73. The van der Waals surface area contributed by atoms with E-state index in [-0.39, 0.29) is 4.21 Å². The molecule has 0 amide bonds. The highest BCUT2D eigenvalue weighted by molar-refractivity contribution is 7.91. The van der Waals surface area contributed by atoms with Gasteiger partial charge in [-0.1, -0.05) is 11.3 Å². The van der Waals surface area contributed by atoms with E-state index >= 15 is 0 Å². The van der Waals surface area contributed by atoms with Crippen molar-refractivity contribution in [3.63, 3.8) is 0 Å². The largest absolute Gasteiger partial charge is 0.343 e. The van der Waals surface area contributed by atoms with Gasteiger partial charge in [0.05, 0.1) is 5.69 Å². The number of thiazole rings is 1.